The molecule has 2 aliphatic carbocycles. The number of esters is 1. The van der Waals surface area contributed by atoms with Crippen LogP contribution in [0.1, 0.15) is 42.1 Å². The predicted molar refractivity (Wildman–Crippen MR) is 117 cm³/mol. The second-order valence-corrected chi connectivity index (χ2v) is 8.85. The molecule has 0 amide bonds. The molecule has 0 saturated heterocycles. The maximum absolute atomic E-state index is 14.5. The van der Waals surface area contributed by atoms with Crippen molar-refractivity contribution >= 4 is 11.8 Å². The Bertz CT molecular complexity index is 1070. The minimum absolute atomic E-state index is 0.196. The van der Waals surface area contributed by atoms with E-state index in [4.69, 9.17) is 9.47 Å². The molecule has 1 aromatic heterocycles. The van der Waals surface area contributed by atoms with Gasteiger partial charge in [0.2, 0.25) is 0 Å². The third-order valence-electron chi connectivity index (χ3n) is 7.46. The summed E-state index contributed by atoms with van der Waals surface area (Å²) in [5.74, 6) is -1.94. The maximum Gasteiger partial charge on any atom is 0.311 e. The summed E-state index contributed by atoms with van der Waals surface area (Å²) in [6.45, 7) is 2.43. The molecule has 2 heterocycles. The van der Waals surface area contributed by atoms with Gasteiger partial charge >= 0.3 is 5.97 Å². The number of rotatable bonds is 5. The lowest BCUT2D eigenvalue weighted by atomic mass is 9.51. The number of nitrogens with zero attached hydrogens (tertiary/aromatic N) is 1. The van der Waals surface area contributed by atoms with E-state index >= 15 is 0 Å². The van der Waals surface area contributed by atoms with Crippen molar-refractivity contribution in [1.29, 1.82) is 0 Å². The highest BCUT2D eigenvalue weighted by Gasteiger charge is 2.67. The van der Waals surface area contributed by atoms with Gasteiger partial charge in [-0.3, -0.25) is 14.6 Å². The van der Waals surface area contributed by atoms with Gasteiger partial charge in [0.05, 0.1) is 36.8 Å². The molecule has 5 rings (SSSR count). The Hall–Kier alpha value is -2.83. The summed E-state index contributed by atoms with van der Waals surface area (Å²) in [7, 11) is 0. The number of carbonyl (C=O) groups is 2. The minimum Gasteiger partial charge on any atom is -0.466 e. The molecule has 1 aromatic carbocycles. The van der Waals surface area contributed by atoms with E-state index in [1.807, 2.05) is 30.3 Å². The van der Waals surface area contributed by atoms with Gasteiger partial charge < -0.3 is 14.6 Å². The van der Waals surface area contributed by atoms with Crippen LogP contribution in [0, 0.1) is 11.8 Å². The van der Waals surface area contributed by atoms with Crippen LogP contribution in [-0.4, -0.2) is 47.3 Å². The third-order valence-corrected chi connectivity index (χ3v) is 7.46. The van der Waals surface area contributed by atoms with E-state index in [-0.39, 0.29) is 25.6 Å². The summed E-state index contributed by atoms with van der Waals surface area (Å²) in [5.41, 5.74) is 0.144. The Kier molecular flexibility index (Phi) is 5.22. The van der Waals surface area contributed by atoms with Crippen molar-refractivity contribution in [1.82, 2.24) is 4.98 Å². The largest absolute Gasteiger partial charge is 0.466 e. The number of Topliss-reactive ketones (excluding diaryl/α,β-unsaturated/α-hetero) is 1. The molecule has 1 fully saturated rings. The van der Waals surface area contributed by atoms with Crippen LogP contribution in [0.15, 0.2) is 66.0 Å². The molecule has 166 valence electrons. The van der Waals surface area contributed by atoms with Crippen molar-refractivity contribution in [2.45, 2.75) is 37.2 Å². The zero-order valence-electron chi connectivity index (χ0n) is 18.1. The molecule has 1 N–H and O–H groups in total. The molecule has 6 nitrogen and oxygen atoms in total. The highest BCUT2D eigenvalue weighted by molar-refractivity contribution is 6.09. The number of aliphatic hydroxyl groups is 1. The number of hydrogen-bond donors (Lipinski definition) is 1. The number of ether oxygens (including phenoxy) is 2. The van der Waals surface area contributed by atoms with Crippen LogP contribution < -0.4 is 0 Å². The second kappa shape index (κ2) is 7.94. The van der Waals surface area contributed by atoms with Gasteiger partial charge in [-0.25, -0.2) is 0 Å². The molecule has 1 saturated carbocycles. The molecular weight excluding hydrogens is 406 g/mol. The molecule has 1 aliphatic heterocycles. The van der Waals surface area contributed by atoms with E-state index in [1.165, 1.54) is 0 Å². The van der Waals surface area contributed by atoms with E-state index in [1.54, 1.807) is 31.5 Å². The van der Waals surface area contributed by atoms with E-state index < -0.39 is 28.8 Å². The zero-order chi connectivity index (χ0) is 22.3. The Labute approximate surface area is 187 Å². The van der Waals surface area contributed by atoms with E-state index in [9.17, 15) is 14.7 Å². The first kappa shape index (κ1) is 21.0. The molecule has 4 atom stereocenters. The van der Waals surface area contributed by atoms with Crippen LogP contribution in [-0.2, 0) is 19.7 Å². The van der Waals surface area contributed by atoms with Crippen molar-refractivity contribution in [3.05, 3.63) is 77.1 Å². The van der Waals surface area contributed by atoms with Crippen LogP contribution in [0.25, 0.3) is 0 Å². The molecule has 3 aliphatic rings. The minimum atomic E-state index is -1.32. The molecule has 0 bridgehead atoms. The van der Waals surface area contributed by atoms with E-state index in [0.717, 1.165) is 17.6 Å². The molecule has 32 heavy (non-hydrogen) atoms. The van der Waals surface area contributed by atoms with Crippen LogP contribution >= 0.6 is 0 Å². The number of aromatic nitrogens is 1. The van der Waals surface area contributed by atoms with Gasteiger partial charge in [0.1, 0.15) is 0 Å². The van der Waals surface area contributed by atoms with Gasteiger partial charge in [0.25, 0.3) is 0 Å². The highest BCUT2D eigenvalue weighted by atomic mass is 16.5. The summed E-state index contributed by atoms with van der Waals surface area (Å²) in [6.07, 6.45) is 5.14. The van der Waals surface area contributed by atoms with Crippen LogP contribution in [0.4, 0.5) is 0 Å². The van der Waals surface area contributed by atoms with Gasteiger partial charge in [-0.1, -0.05) is 30.3 Å². The predicted octanol–water partition coefficient (Wildman–Crippen LogP) is 3.25. The average molecular weight is 434 g/mol. The number of benzene rings is 1. The number of fused-ring (bicyclic) bond motifs is 2. The normalized spacial score (nSPS) is 31.2. The van der Waals surface area contributed by atoms with Crippen molar-refractivity contribution < 1.29 is 24.2 Å². The Morgan fingerprint density at radius 2 is 1.94 bits per heavy atom. The molecular formula is C26H27NO5. The number of hydrogen-bond acceptors (Lipinski definition) is 6. The molecule has 2 aromatic rings. The smallest absolute Gasteiger partial charge is 0.311 e. The fourth-order valence-electron chi connectivity index (χ4n) is 6.25. The summed E-state index contributed by atoms with van der Waals surface area (Å²) < 4.78 is 11.4. The van der Waals surface area contributed by atoms with Crippen molar-refractivity contribution in [2.75, 3.05) is 19.8 Å². The van der Waals surface area contributed by atoms with E-state index in [2.05, 4.69) is 4.98 Å². The first-order chi connectivity index (χ1) is 15.5. The van der Waals surface area contributed by atoms with Gasteiger partial charge in [0, 0.05) is 23.9 Å². The standard InChI is InChI=1S/C26H27NO5/c1-2-32-24(29)22-19-11-6-12-25(19,30)20-15-31-16-21(20)26(22,18-9-4-3-5-10-18)23(28)17-8-7-13-27-14-17/h3-5,7-10,13-14,19,22,30H,2,6,11-12,15-16H2,1H3/t19-,22+,25-,26-/m0/s1. The SMILES string of the molecule is CCOC(=O)[C@H]1[C@@H]2CCC[C@@]2(O)C2=C(COC2)[C@@]1(C(=O)c1cccnc1)c1ccccc1. The molecule has 6 heteroatoms. The fraction of sp³-hybridized carbons (Fsp3) is 0.423. The summed E-state index contributed by atoms with van der Waals surface area (Å²) >= 11 is 0. The topological polar surface area (TPSA) is 85.7 Å². The highest BCUT2D eigenvalue weighted by Crippen LogP contribution is 2.61. The number of pyridine rings is 1. The Morgan fingerprint density at radius 1 is 1.16 bits per heavy atom. The van der Waals surface area contributed by atoms with Crippen molar-refractivity contribution in [2.24, 2.45) is 11.8 Å². The van der Waals surface area contributed by atoms with Crippen LogP contribution in [0.3, 0.4) is 0 Å². The fourth-order valence-corrected chi connectivity index (χ4v) is 6.25. The van der Waals surface area contributed by atoms with E-state index in [0.29, 0.717) is 24.0 Å². The van der Waals surface area contributed by atoms with Gasteiger partial charge in [0.15, 0.2) is 5.78 Å². The molecule has 0 spiro atoms. The summed E-state index contributed by atoms with van der Waals surface area (Å²) in [4.78, 5) is 32.3. The quantitative estimate of drug-likeness (QED) is 0.443. The third kappa shape index (κ3) is 2.82. The van der Waals surface area contributed by atoms with Gasteiger partial charge in [-0.15, -0.1) is 0 Å². The van der Waals surface area contributed by atoms with Crippen molar-refractivity contribution in [3.8, 4) is 0 Å². The summed E-state index contributed by atoms with van der Waals surface area (Å²) in [6, 6.07) is 12.9. The monoisotopic (exact) mass is 433 g/mol. The Morgan fingerprint density at radius 3 is 2.66 bits per heavy atom. The lowest BCUT2D eigenvalue weighted by Gasteiger charge is -2.51. The lowest BCUT2D eigenvalue weighted by Crippen LogP contribution is -2.60. The molecule has 0 radical (unpaired) electrons. The number of carbonyl (C=O) groups excluding carboxylic acids is 2. The maximum atomic E-state index is 14.5. The van der Waals surface area contributed by atoms with Crippen molar-refractivity contribution in [3.63, 3.8) is 0 Å². The Balaban J connectivity index is 1.86. The number of ketones is 1. The zero-order valence-corrected chi connectivity index (χ0v) is 18.1. The summed E-state index contributed by atoms with van der Waals surface area (Å²) in [5, 5.41) is 11.8. The lowest BCUT2D eigenvalue weighted by molar-refractivity contribution is -0.156. The van der Waals surface area contributed by atoms with Gasteiger partial charge in [-0.2, -0.15) is 0 Å². The van der Waals surface area contributed by atoms with Gasteiger partial charge in [-0.05, 0) is 55.0 Å². The van der Waals surface area contributed by atoms with Crippen LogP contribution in [0.2, 0.25) is 0 Å². The average Bonchev–Trinajstić information content (AvgIpc) is 3.47. The van der Waals surface area contributed by atoms with Crippen LogP contribution in [0.5, 0.6) is 0 Å². The first-order valence-electron chi connectivity index (χ1n) is 11.2. The molecule has 0 unspecified atom stereocenters. The first-order valence-corrected chi connectivity index (χ1v) is 11.2. The second-order valence-electron chi connectivity index (χ2n) is 8.85.